The van der Waals surface area contributed by atoms with E-state index in [-0.39, 0.29) is 31.9 Å². The summed E-state index contributed by atoms with van der Waals surface area (Å²) < 4.78 is 41.5. The van der Waals surface area contributed by atoms with E-state index in [1.54, 1.807) is 71.6 Å². The first-order valence-electron chi connectivity index (χ1n) is 12.7. The zero-order valence-corrected chi connectivity index (χ0v) is 22.2. The number of carbonyl (C=O) groups excluding carboxylic acids is 1. The van der Waals surface area contributed by atoms with E-state index < -0.39 is 0 Å². The van der Waals surface area contributed by atoms with Crippen molar-refractivity contribution in [2.45, 2.75) is 6.61 Å². The van der Waals surface area contributed by atoms with Crippen LogP contribution in [0.25, 0.3) is 6.08 Å². The molecule has 3 aliphatic rings. The summed E-state index contributed by atoms with van der Waals surface area (Å²) in [5, 5.41) is 0.476. The molecule has 3 aliphatic heterocycles. The number of anilines is 1. The number of hydrogen-bond donors (Lipinski definition) is 0. The Labute approximate surface area is 238 Å². The Hall–Kier alpha value is -4.96. The van der Waals surface area contributed by atoms with Gasteiger partial charge in [0.25, 0.3) is 5.91 Å². The summed E-state index contributed by atoms with van der Waals surface area (Å²) >= 11 is 1.26. The van der Waals surface area contributed by atoms with E-state index in [0.29, 0.717) is 55.8 Å². The minimum atomic E-state index is -0.309. The molecule has 10 heteroatoms. The van der Waals surface area contributed by atoms with Crippen molar-refractivity contribution in [3.63, 3.8) is 0 Å². The van der Waals surface area contributed by atoms with Crippen molar-refractivity contribution < 1.29 is 32.9 Å². The fraction of sp³-hybridized carbons (Fsp3) is 0.0968. The SMILES string of the molecule is O=C1/C(=C\c2ccc(OCc3ccccc3F)cc2)SC(=Nc2ccc3c(c2)OCO3)N1c1ccc2c(c1)OCO2. The smallest absolute Gasteiger partial charge is 0.271 e. The Balaban J connectivity index is 1.17. The van der Waals surface area contributed by atoms with E-state index in [4.69, 9.17) is 28.7 Å². The zero-order chi connectivity index (χ0) is 27.8. The van der Waals surface area contributed by atoms with E-state index in [1.807, 2.05) is 18.2 Å². The standard InChI is InChI=1S/C31H21FN2O6S/c32-24-4-2-1-3-20(24)16-36-23-9-5-19(6-10-23)13-29-30(35)34(22-8-12-26-28(15-22)40-18-38-26)31(41-29)33-21-7-11-25-27(14-21)39-17-37-25/h1-15H,16-18H2/b29-13+,33-31?. The monoisotopic (exact) mass is 568 g/mol. The van der Waals surface area contributed by atoms with Gasteiger partial charge in [-0.2, -0.15) is 0 Å². The number of ether oxygens (including phenoxy) is 5. The maximum Gasteiger partial charge on any atom is 0.271 e. The molecule has 0 spiro atoms. The molecule has 0 N–H and O–H groups in total. The number of carbonyl (C=O) groups is 1. The van der Waals surface area contributed by atoms with Crippen molar-refractivity contribution in [2.24, 2.45) is 4.99 Å². The number of thioether (sulfide) groups is 1. The van der Waals surface area contributed by atoms with Crippen molar-refractivity contribution >= 4 is 40.3 Å². The van der Waals surface area contributed by atoms with Gasteiger partial charge in [0, 0.05) is 17.7 Å². The molecular formula is C31H21FN2O6S. The molecule has 7 rings (SSSR count). The predicted octanol–water partition coefficient (Wildman–Crippen LogP) is 6.67. The largest absolute Gasteiger partial charge is 0.489 e. The van der Waals surface area contributed by atoms with Crippen LogP contribution in [0.4, 0.5) is 15.8 Å². The highest BCUT2D eigenvalue weighted by atomic mass is 32.2. The van der Waals surface area contributed by atoms with Gasteiger partial charge in [-0.1, -0.05) is 30.3 Å². The third-order valence-electron chi connectivity index (χ3n) is 6.53. The fourth-order valence-corrected chi connectivity index (χ4v) is 5.46. The second-order valence-corrected chi connectivity index (χ2v) is 10.2. The molecule has 204 valence electrons. The lowest BCUT2D eigenvalue weighted by molar-refractivity contribution is -0.113. The van der Waals surface area contributed by atoms with Gasteiger partial charge in [0.05, 0.1) is 16.3 Å². The van der Waals surface area contributed by atoms with E-state index in [9.17, 15) is 9.18 Å². The number of halogens is 1. The summed E-state index contributed by atoms with van der Waals surface area (Å²) in [6, 6.07) is 24.5. The van der Waals surface area contributed by atoms with Gasteiger partial charge in [0.15, 0.2) is 28.2 Å². The van der Waals surface area contributed by atoms with Crippen molar-refractivity contribution in [3.8, 4) is 28.7 Å². The number of fused-ring (bicyclic) bond motifs is 2. The minimum absolute atomic E-state index is 0.117. The predicted molar refractivity (Wildman–Crippen MR) is 152 cm³/mol. The molecule has 0 bridgehead atoms. The quantitative estimate of drug-likeness (QED) is 0.240. The molecule has 0 unspecified atom stereocenters. The second kappa shape index (κ2) is 10.5. The number of hydrogen-bond acceptors (Lipinski definition) is 8. The van der Waals surface area contributed by atoms with Crippen LogP contribution in [0.5, 0.6) is 28.7 Å². The minimum Gasteiger partial charge on any atom is -0.489 e. The van der Waals surface area contributed by atoms with E-state index in [1.165, 1.54) is 17.8 Å². The molecule has 41 heavy (non-hydrogen) atoms. The van der Waals surface area contributed by atoms with Gasteiger partial charge < -0.3 is 23.7 Å². The number of amidine groups is 1. The highest BCUT2D eigenvalue weighted by molar-refractivity contribution is 8.19. The normalized spacial score (nSPS) is 17.1. The van der Waals surface area contributed by atoms with E-state index in [0.717, 1.165) is 5.56 Å². The summed E-state index contributed by atoms with van der Waals surface area (Å²) in [5.74, 6) is 2.49. The molecule has 0 atom stereocenters. The maximum atomic E-state index is 13.9. The van der Waals surface area contributed by atoms with Crippen LogP contribution in [0.3, 0.4) is 0 Å². The Morgan fingerprint density at radius 3 is 2.34 bits per heavy atom. The number of benzene rings is 4. The molecule has 1 amide bonds. The van der Waals surface area contributed by atoms with Crippen LogP contribution in [0.15, 0.2) is 94.8 Å². The average molecular weight is 569 g/mol. The lowest BCUT2D eigenvalue weighted by Crippen LogP contribution is -2.28. The first-order valence-corrected chi connectivity index (χ1v) is 13.5. The Morgan fingerprint density at radius 1 is 0.854 bits per heavy atom. The lowest BCUT2D eigenvalue weighted by atomic mass is 10.2. The van der Waals surface area contributed by atoms with Gasteiger partial charge in [-0.05, 0) is 65.9 Å². The van der Waals surface area contributed by atoms with Crippen LogP contribution < -0.4 is 28.6 Å². The molecule has 0 aliphatic carbocycles. The van der Waals surface area contributed by atoms with Crippen LogP contribution in [0.2, 0.25) is 0 Å². The molecule has 1 fully saturated rings. The Morgan fingerprint density at radius 2 is 1.56 bits per heavy atom. The molecule has 8 nitrogen and oxygen atoms in total. The van der Waals surface area contributed by atoms with Gasteiger partial charge in [0.2, 0.25) is 13.6 Å². The zero-order valence-electron chi connectivity index (χ0n) is 21.4. The molecule has 4 aromatic rings. The Bertz CT molecular complexity index is 1720. The van der Waals surface area contributed by atoms with Crippen LogP contribution in [-0.2, 0) is 11.4 Å². The molecule has 1 saturated heterocycles. The van der Waals surface area contributed by atoms with Gasteiger partial charge in [-0.25, -0.2) is 9.38 Å². The van der Waals surface area contributed by atoms with Gasteiger partial charge in [-0.3, -0.25) is 9.69 Å². The Kier molecular flexibility index (Phi) is 6.44. The number of amides is 1. The lowest BCUT2D eigenvalue weighted by Gasteiger charge is -2.16. The molecule has 0 radical (unpaired) electrons. The maximum absolute atomic E-state index is 13.9. The summed E-state index contributed by atoms with van der Waals surface area (Å²) in [7, 11) is 0. The fourth-order valence-electron chi connectivity index (χ4n) is 4.45. The third kappa shape index (κ3) is 5.05. The second-order valence-electron chi connectivity index (χ2n) is 9.17. The summed E-state index contributed by atoms with van der Waals surface area (Å²) in [4.78, 5) is 20.6. The van der Waals surface area contributed by atoms with Crippen molar-refractivity contribution in [1.82, 2.24) is 0 Å². The molecule has 0 aromatic heterocycles. The van der Waals surface area contributed by atoms with Crippen LogP contribution in [0.1, 0.15) is 11.1 Å². The van der Waals surface area contributed by atoms with Crippen LogP contribution in [0, 0.1) is 5.82 Å². The molecule has 3 heterocycles. The first-order chi connectivity index (χ1) is 20.1. The molecule has 4 aromatic carbocycles. The summed E-state index contributed by atoms with van der Waals surface area (Å²) in [5.41, 5.74) is 2.50. The number of nitrogens with zero attached hydrogens (tertiary/aromatic N) is 2. The highest BCUT2D eigenvalue weighted by Gasteiger charge is 2.35. The van der Waals surface area contributed by atoms with Gasteiger partial charge >= 0.3 is 0 Å². The molecule has 0 saturated carbocycles. The number of aliphatic imine (C=N–C) groups is 1. The third-order valence-corrected chi connectivity index (χ3v) is 7.50. The van der Waals surface area contributed by atoms with Crippen molar-refractivity contribution in [3.05, 3.63) is 107 Å². The molecular weight excluding hydrogens is 547 g/mol. The van der Waals surface area contributed by atoms with Gasteiger partial charge in [-0.15, -0.1) is 0 Å². The van der Waals surface area contributed by atoms with Crippen LogP contribution in [-0.4, -0.2) is 24.7 Å². The summed E-state index contributed by atoms with van der Waals surface area (Å²) in [6.07, 6.45) is 1.80. The van der Waals surface area contributed by atoms with Crippen LogP contribution >= 0.6 is 11.8 Å². The average Bonchev–Trinajstić information content (AvgIpc) is 3.72. The van der Waals surface area contributed by atoms with Crippen molar-refractivity contribution in [1.29, 1.82) is 0 Å². The first kappa shape index (κ1) is 25.0. The van der Waals surface area contributed by atoms with Gasteiger partial charge in [0.1, 0.15) is 18.2 Å². The topological polar surface area (TPSA) is 78.8 Å². The van der Waals surface area contributed by atoms with Crippen molar-refractivity contribution in [2.75, 3.05) is 18.5 Å². The highest BCUT2D eigenvalue weighted by Crippen LogP contribution is 2.42. The summed E-state index contributed by atoms with van der Waals surface area (Å²) in [6.45, 7) is 0.405. The number of rotatable bonds is 6. The van der Waals surface area contributed by atoms with E-state index >= 15 is 0 Å². The van der Waals surface area contributed by atoms with E-state index in [2.05, 4.69) is 0 Å².